The molecular weight excluding hydrogens is 441 g/mol. The normalized spacial score (nSPS) is 22.2. The van der Waals surface area contributed by atoms with E-state index in [1.807, 2.05) is 13.8 Å². The molecule has 3 aromatic rings. The molecule has 2 atom stereocenters. The molecule has 10 heteroatoms. The molecule has 0 bridgehead atoms. The number of fused-ring (bicyclic) bond motifs is 1. The second kappa shape index (κ2) is 6.88. The fourth-order valence-corrected chi connectivity index (χ4v) is 6.61. The number of non-ortho nitro benzene ring substituents is 1. The van der Waals surface area contributed by atoms with Crippen LogP contribution in [0.15, 0.2) is 36.4 Å². The van der Waals surface area contributed by atoms with Crippen molar-refractivity contribution in [1.29, 1.82) is 0 Å². The molecule has 0 saturated carbocycles. The Labute approximate surface area is 178 Å². The summed E-state index contributed by atoms with van der Waals surface area (Å²) in [6.07, 6.45) is 0. The van der Waals surface area contributed by atoms with E-state index >= 15 is 0 Å². The molecule has 2 unspecified atom stereocenters. The average Bonchev–Trinajstić information content (AvgIpc) is 3.13. The second-order valence-electron chi connectivity index (χ2n) is 6.42. The highest BCUT2D eigenvalue weighted by atomic mass is 35.5. The third-order valence-corrected chi connectivity index (χ3v) is 7.58. The Morgan fingerprint density at radius 3 is 2.71 bits per heavy atom. The van der Waals surface area contributed by atoms with Crippen LogP contribution in [0.5, 0.6) is 0 Å². The minimum absolute atomic E-state index is 0.0847. The van der Waals surface area contributed by atoms with Crippen LogP contribution in [0.25, 0.3) is 10.2 Å². The van der Waals surface area contributed by atoms with Crippen LogP contribution in [0, 0.1) is 10.1 Å². The smallest absolute Gasteiger partial charge is 0.273 e. The van der Waals surface area contributed by atoms with Gasteiger partial charge in [0.05, 0.1) is 14.9 Å². The zero-order chi connectivity index (χ0) is 20.2. The van der Waals surface area contributed by atoms with Gasteiger partial charge in [-0.05, 0) is 32.0 Å². The van der Waals surface area contributed by atoms with Gasteiger partial charge in [0.2, 0.25) is 5.91 Å². The van der Waals surface area contributed by atoms with E-state index in [0.29, 0.717) is 19.9 Å². The molecule has 144 valence electrons. The number of rotatable bonds is 3. The molecule has 1 aromatic heterocycles. The van der Waals surface area contributed by atoms with E-state index in [9.17, 15) is 14.9 Å². The van der Waals surface area contributed by atoms with Crippen LogP contribution >= 0.6 is 46.3 Å². The van der Waals surface area contributed by atoms with Crippen LogP contribution in [0.3, 0.4) is 0 Å². The maximum atomic E-state index is 13.0. The van der Waals surface area contributed by atoms with Crippen molar-refractivity contribution in [2.45, 2.75) is 24.0 Å². The molecule has 1 saturated heterocycles. The van der Waals surface area contributed by atoms with Crippen molar-refractivity contribution in [3.8, 4) is 0 Å². The summed E-state index contributed by atoms with van der Waals surface area (Å²) >= 11 is 15.2. The summed E-state index contributed by atoms with van der Waals surface area (Å²) in [6, 6.07) is 9.94. The van der Waals surface area contributed by atoms with E-state index in [4.69, 9.17) is 23.2 Å². The van der Waals surface area contributed by atoms with Crippen molar-refractivity contribution >= 4 is 73.2 Å². The van der Waals surface area contributed by atoms with E-state index in [1.165, 1.54) is 29.2 Å². The molecule has 1 aliphatic heterocycles. The first kappa shape index (κ1) is 19.4. The third-order valence-electron chi connectivity index (χ3n) is 4.61. The van der Waals surface area contributed by atoms with E-state index in [2.05, 4.69) is 4.98 Å². The predicted molar refractivity (Wildman–Crippen MR) is 115 cm³/mol. The van der Waals surface area contributed by atoms with Gasteiger partial charge in [-0.2, -0.15) is 0 Å². The van der Waals surface area contributed by atoms with Crippen LogP contribution in [0.4, 0.5) is 10.8 Å². The molecule has 6 nitrogen and oxygen atoms in total. The number of anilines is 1. The molecule has 1 fully saturated rings. The minimum Gasteiger partial charge on any atom is -0.273 e. The zero-order valence-electron chi connectivity index (χ0n) is 14.7. The van der Waals surface area contributed by atoms with Gasteiger partial charge in [-0.25, -0.2) is 4.98 Å². The third kappa shape index (κ3) is 2.95. The van der Waals surface area contributed by atoms with Gasteiger partial charge in [0.25, 0.3) is 5.69 Å². The number of nitro benzene ring substituents is 1. The Bertz CT molecular complexity index is 1140. The maximum absolute atomic E-state index is 13.0. The number of carbonyl (C=O) groups excluding carboxylic acids is 1. The van der Waals surface area contributed by atoms with Gasteiger partial charge in [0, 0.05) is 21.7 Å². The molecule has 28 heavy (non-hydrogen) atoms. The lowest BCUT2D eigenvalue weighted by Gasteiger charge is -2.33. The lowest BCUT2D eigenvalue weighted by atomic mass is 10.1. The fraction of sp³-hybridized carbons (Fsp3) is 0.222. The summed E-state index contributed by atoms with van der Waals surface area (Å²) in [5.74, 6) is -0.125. The van der Waals surface area contributed by atoms with Crippen molar-refractivity contribution in [3.63, 3.8) is 0 Å². The summed E-state index contributed by atoms with van der Waals surface area (Å²) in [7, 11) is 0. The SMILES string of the molecule is CC1SC(C)(c2ccc(Cl)cc2Cl)N(c2nc3c([N+](=O)[O-])cccc3s2)C1=O. The van der Waals surface area contributed by atoms with Crippen LogP contribution in [0.1, 0.15) is 19.4 Å². The monoisotopic (exact) mass is 453 g/mol. The van der Waals surface area contributed by atoms with Crippen LogP contribution in [0.2, 0.25) is 10.0 Å². The van der Waals surface area contributed by atoms with Gasteiger partial charge in [-0.1, -0.05) is 46.7 Å². The van der Waals surface area contributed by atoms with Crippen molar-refractivity contribution in [1.82, 2.24) is 4.98 Å². The lowest BCUT2D eigenvalue weighted by Crippen LogP contribution is -2.40. The number of thioether (sulfide) groups is 1. The van der Waals surface area contributed by atoms with Gasteiger partial charge in [0.15, 0.2) is 10.6 Å². The number of thiazole rings is 1. The van der Waals surface area contributed by atoms with Crippen LogP contribution < -0.4 is 4.90 Å². The Hall–Kier alpha value is -1.87. The summed E-state index contributed by atoms with van der Waals surface area (Å²) in [5, 5.41) is 12.4. The fourth-order valence-electron chi connectivity index (χ4n) is 3.33. The summed E-state index contributed by atoms with van der Waals surface area (Å²) < 4.78 is 0.645. The Morgan fingerprint density at radius 1 is 1.29 bits per heavy atom. The standard InChI is InChI=1S/C18H13Cl2N3O3S2/c1-9-16(24)22(18(2,28-9)11-7-6-10(19)8-12(11)20)17-21-15-13(23(25)26)4-3-5-14(15)27-17/h3-9H,1-2H3. The number of amides is 1. The molecule has 0 radical (unpaired) electrons. The number of carbonyl (C=O) groups is 1. The minimum atomic E-state index is -0.819. The number of hydrogen-bond acceptors (Lipinski definition) is 6. The number of para-hydroxylation sites is 1. The summed E-state index contributed by atoms with van der Waals surface area (Å²) in [5.41, 5.74) is 0.919. The van der Waals surface area contributed by atoms with Gasteiger partial charge < -0.3 is 0 Å². The molecule has 1 amide bonds. The topological polar surface area (TPSA) is 76.3 Å². The number of aromatic nitrogens is 1. The van der Waals surface area contributed by atoms with Gasteiger partial charge in [0.1, 0.15) is 4.87 Å². The molecule has 0 spiro atoms. The first-order valence-corrected chi connectivity index (χ1v) is 10.7. The average molecular weight is 454 g/mol. The molecular formula is C18H13Cl2N3O3S2. The zero-order valence-corrected chi connectivity index (χ0v) is 17.8. The quantitative estimate of drug-likeness (QED) is 0.366. The van der Waals surface area contributed by atoms with Crippen molar-refractivity contribution < 1.29 is 9.72 Å². The van der Waals surface area contributed by atoms with Crippen molar-refractivity contribution in [2.75, 3.05) is 4.90 Å². The van der Waals surface area contributed by atoms with Crippen molar-refractivity contribution in [2.24, 2.45) is 0 Å². The van der Waals surface area contributed by atoms with E-state index in [1.54, 1.807) is 35.2 Å². The molecule has 0 aliphatic carbocycles. The highest BCUT2D eigenvalue weighted by molar-refractivity contribution is 8.02. The molecule has 0 N–H and O–H groups in total. The molecule has 2 heterocycles. The Morgan fingerprint density at radius 2 is 2.04 bits per heavy atom. The highest BCUT2D eigenvalue weighted by Gasteiger charge is 2.51. The van der Waals surface area contributed by atoms with Gasteiger partial charge in [-0.3, -0.25) is 19.8 Å². The van der Waals surface area contributed by atoms with E-state index < -0.39 is 9.79 Å². The summed E-state index contributed by atoms with van der Waals surface area (Å²) in [6.45, 7) is 3.72. The summed E-state index contributed by atoms with van der Waals surface area (Å²) in [4.78, 5) is 29.2. The van der Waals surface area contributed by atoms with Crippen LogP contribution in [-0.4, -0.2) is 21.1 Å². The Balaban J connectivity index is 1.91. The number of nitrogens with zero attached hydrogens (tertiary/aromatic N) is 3. The largest absolute Gasteiger partial charge is 0.296 e. The molecule has 2 aromatic carbocycles. The first-order valence-electron chi connectivity index (χ1n) is 8.24. The first-order chi connectivity index (χ1) is 13.2. The second-order valence-corrected chi connectivity index (χ2v) is 10.0. The molecule has 1 aliphatic rings. The number of halogens is 2. The highest BCUT2D eigenvalue weighted by Crippen LogP contribution is 2.53. The maximum Gasteiger partial charge on any atom is 0.296 e. The number of benzene rings is 2. The van der Waals surface area contributed by atoms with E-state index in [0.717, 1.165) is 5.56 Å². The van der Waals surface area contributed by atoms with Crippen molar-refractivity contribution in [3.05, 3.63) is 62.1 Å². The predicted octanol–water partition coefficient (Wildman–Crippen LogP) is 5.85. The lowest BCUT2D eigenvalue weighted by molar-refractivity contribution is -0.383. The number of nitro groups is 1. The van der Waals surface area contributed by atoms with Crippen LogP contribution in [-0.2, 0) is 9.67 Å². The molecule has 4 rings (SSSR count). The number of hydrogen-bond donors (Lipinski definition) is 0. The van der Waals surface area contributed by atoms with Gasteiger partial charge >= 0.3 is 0 Å². The van der Waals surface area contributed by atoms with E-state index in [-0.39, 0.29) is 22.4 Å². The van der Waals surface area contributed by atoms with Gasteiger partial charge in [-0.15, -0.1) is 11.8 Å². The Kier molecular flexibility index (Phi) is 4.78.